The fraction of sp³-hybridized carbons (Fsp3) is 0. The number of hydrogen-bond acceptors (Lipinski definition) is 4. The van der Waals surface area contributed by atoms with Gasteiger partial charge in [0.15, 0.2) is 0 Å². The molecule has 0 aliphatic heterocycles. The molecule has 0 fully saturated rings. The van der Waals surface area contributed by atoms with E-state index in [1.165, 1.54) is 24.4 Å². The summed E-state index contributed by atoms with van der Waals surface area (Å²) in [5.41, 5.74) is 0.0986. The Morgan fingerprint density at radius 3 is 2.76 bits per heavy atom. The Kier molecular flexibility index (Phi) is 3.20. The van der Waals surface area contributed by atoms with Crippen molar-refractivity contribution in [3.05, 3.63) is 47.1 Å². The van der Waals surface area contributed by atoms with E-state index in [4.69, 9.17) is 21.4 Å². The Hall–Kier alpha value is -2.14. The van der Waals surface area contributed by atoms with Crippen LogP contribution >= 0.6 is 11.6 Å². The number of rotatable bonds is 3. The molecule has 0 saturated carbocycles. The van der Waals surface area contributed by atoms with Gasteiger partial charge < -0.3 is 9.84 Å². The van der Waals surface area contributed by atoms with Crippen molar-refractivity contribution in [2.75, 3.05) is 0 Å². The zero-order chi connectivity index (χ0) is 12.3. The van der Waals surface area contributed by atoms with Crippen LogP contribution in [-0.4, -0.2) is 21.3 Å². The second-order valence-electron chi connectivity index (χ2n) is 3.11. The normalized spacial score (nSPS) is 9.94. The molecule has 17 heavy (non-hydrogen) atoms. The van der Waals surface area contributed by atoms with E-state index in [0.29, 0.717) is 5.75 Å². The minimum Gasteiger partial charge on any atom is -0.478 e. The van der Waals surface area contributed by atoms with Gasteiger partial charge in [0.25, 0.3) is 0 Å². The Morgan fingerprint density at radius 2 is 2.18 bits per heavy atom. The summed E-state index contributed by atoms with van der Waals surface area (Å²) in [6.07, 6.45) is 1.52. The van der Waals surface area contributed by atoms with E-state index in [0.717, 1.165) is 0 Å². The van der Waals surface area contributed by atoms with E-state index < -0.39 is 5.97 Å². The Balaban J connectivity index is 2.26. The highest BCUT2D eigenvalue weighted by Gasteiger charge is 2.08. The number of hydrogen-bond donors (Lipinski definition) is 1. The van der Waals surface area contributed by atoms with Crippen molar-refractivity contribution >= 4 is 17.6 Å². The van der Waals surface area contributed by atoms with Crippen LogP contribution in [0.4, 0.5) is 0 Å². The summed E-state index contributed by atoms with van der Waals surface area (Å²) < 4.78 is 5.35. The monoisotopic (exact) mass is 250 g/mol. The summed E-state index contributed by atoms with van der Waals surface area (Å²) >= 11 is 5.89. The maximum absolute atomic E-state index is 10.7. The van der Waals surface area contributed by atoms with Crippen molar-refractivity contribution in [3.63, 3.8) is 0 Å². The highest BCUT2D eigenvalue weighted by Crippen LogP contribution is 2.28. The molecule has 0 unspecified atom stereocenters. The lowest BCUT2D eigenvalue weighted by molar-refractivity contribution is 0.0697. The van der Waals surface area contributed by atoms with Gasteiger partial charge >= 0.3 is 5.97 Å². The van der Waals surface area contributed by atoms with Crippen LogP contribution in [0.2, 0.25) is 5.02 Å². The molecule has 0 radical (unpaired) electrons. The molecule has 0 amide bonds. The molecule has 1 aromatic carbocycles. The average molecular weight is 251 g/mol. The lowest BCUT2D eigenvalue weighted by Crippen LogP contribution is -1.96. The van der Waals surface area contributed by atoms with Gasteiger partial charge in [-0.2, -0.15) is 5.10 Å². The second kappa shape index (κ2) is 4.80. The van der Waals surface area contributed by atoms with Crippen LogP contribution in [-0.2, 0) is 0 Å². The minimum absolute atomic E-state index is 0.0986. The average Bonchev–Trinajstić information content (AvgIpc) is 2.33. The topological polar surface area (TPSA) is 72.3 Å². The molecule has 2 rings (SSSR count). The number of aromatic carboxylic acids is 1. The zero-order valence-corrected chi connectivity index (χ0v) is 9.26. The van der Waals surface area contributed by atoms with Crippen molar-refractivity contribution in [2.45, 2.75) is 0 Å². The van der Waals surface area contributed by atoms with Gasteiger partial charge in [0.1, 0.15) is 5.75 Å². The number of halogens is 1. The van der Waals surface area contributed by atoms with Crippen molar-refractivity contribution in [1.29, 1.82) is 0 Å². The Morgan fingerprint density at radius 1 is 1.35 bits per heavy atom. The summed E-state index contributed by atoms with van der Waals surface area (Å²) in [5.74, 6) is -0.424. The third kappa shape index (κ3) is 2.70. The molecule has 1 N–H and O–H groups in total. The van der Waals surface area contributed by atoms with Crippen molar-refractivity contribution in [2.24, 2.45) is 0 Å². The maximum Gasteiger partial charge on any atom is 0.335 e. The van der Waals surface area contributed by atoms with Crippen LogP contribution in [0.1, 0.15) is 10.4 Å². The first-order valence-corrected chi connectivity index (χ1v) is 5.03. The van der Waals surface area contributed by atoms with Gasteiger partial charge in [-0.3, -0.25) is 0 Å². The minimum atomic E-state index is -1.04. The molecule has 0 atom stereocenters. The quantitative estimate of drug-likeness (QED) is 0.907. The van der Waals surface area contributed by atoms with Crippen molar-refractivity contribution < 1.29 is 14.6 Å². The van der Waals surface area contributed by atoms with E-state index in [-0.39, 0.29) is 16.5 Å². The van der Waals surface area contributed by atoms with Gasteiger partial charge in [-0.15, -0.1) is 5.10 Å². The number of benzene rings is 1. The van der Waals surface area contributed by atoms with Crippen LogP contribution in [0.15, 0.2) is 36.5 Å². The summed E-state index contributed by atoms with van der Waals surface area (Å²) in [6.45, 7) is 0. The maximum atomic E-state index is 10.7. The van der Waals surface area contributed by atoms with E-state index in [1.54, 1.807) is 12.1 Å². The molecule has 0 spiro atoms. The molecule has 86 valence electrons. The van der Waals surface area contributed by atoms with E-state index in [9.17, 15) is 4.79 Å². The zero-order valence-electron chi connectivity index (χ0n) is 8.50. The third-order valence-electron chi connectivity index (χ3n) is 1.94. The Labute approximate surface area is 102 Å². The van der Waals surface area contributed by atoms with Gasteiger partial charge in [-0.1, -0.05) is 11.6 Å². The van der Waals surface area contributed by atoms with Gasteiger partial charge in [0.2, 0.25) is 5.88 Å². The molecule has 1 heterocycles. The van der Waals surface area contributed by atoms with Crippen LogP contribution < -0.4 is 4.74 Å². The van der Waals surface area contributed by atoms with Gasteiger partial charge in [0, 0.05) is 12.3 Å². The number of aromatic nitrogens is 2. The molecule has 1 aromatic heterocycles. The molecule has 2 aromatic rings. The number of carboxylic acids is 1. The molecular formula is C11H7ClN2O3. The first-order valence-electron chi connectivity index (χ1n) is 4.65. The Bertz CT molecular complexity index is 546. The van der Waals surface area contributed by atoms with Gasteiger partial charge in [-0.05, 0) is 24.3 Å². The molecule has 5 nitrogen and oxygen atoms in total. The standard InChI is InChI=1S/C11H7ClN2O3/c12-8-6-7(11(15)16)3-4-9(8)17-10-2-1-5-13-14-10/h1-6H,(H,15,16). The highest BCUT2D eigenvalue weighted by molar-refractivity contribution is 6.32. The third-order valence-corrected chi connectivity index (χ3v) is 2.24. The fourth-order valence-electron chi connectivity index (χ4n) is 1.17. The number of nitrogens with zero attached hydrogens (tertiary/aromatic N) is 2. The fourth-order valence-corrected chi connectivity index (χ4v) is 1.39. The second-order valence-corrected chi connectivity index (χ2v) is 3.52. The first kappa shape index (κ1) is 11.3. The van der Waals surface area contributed by atoms with E-state index in [1.807, 2.05) is 0 Å². The van der Waals surface area contributed by atoms with Crippen LogP contribution in [0.5, 0.6) is 11.6 Å². The summed E-state index contributed by atoms with van der Waals surface area (Å²) in [7, 11) is 0. The van der Waals surface area contributed by atoms with Gasteiger partial charge in [0.05, 0.1) is 10.6 Å². The molecule has 0 saturated heterocycles. The predicted octanol–water partition coefficient (Wildman–Crippen LogP) is 2.62. The molecular weight excluding hydrogens is 244 g/mol. The highest BCUT2D eigenvalue weighted by atomic mass is 35.5. The molecule has 0 aliphatic rings. The van der Waals surface area contributed by atoms with Crippen LogP contribution in [0, 0.1) is 0 Å². The summed E-state index contributed by atoms with van der Waals surface area (Å²) in [4.78, 5) is 10.7. The first-order chi connectivity index (χ1) is 8.16. The smallest absolute Gasteiger partial charge is 0.335 e. The number of ether oxygens (including phenoxy) is 1. The summed E-state index contributed by atoms with van der Waals surface area (Å²) in [5, 5.41) is 16.3. The number of carboxylic acid groups (broad SMARTS) is 1. The largest absolute Gasteiger partial charge is 0.478 e. The van der Waals surface area contributed by atoms with Gasteiger partial charge in [-0.25, -0.2) is 4.79 Å². The summed E-state index contributed by atoms with van der Waals surface area (Å²) in [6, 6.07) is 7.48. The molecule has 6 heteroatoms. The molecule has 0 bridgehead atoms. The SMILES string of the molecule is O=C(O)c1ccc(Oc2cccnn2)c(Cl)c1. The lowest BCUT2D eigenvalue weighted by atomic mass is 10.2. The number of carbonyl (C=O) groups is 1. The van der Waals surface area contributed by atoms with E-state index >= 15 is 0 Å². The molecule has 0 aliphatic carbocycles. The van der Waals surface area contributed by atoms with Crippen LogP contribution in [0.3, 0.4) is 0 Å². The van der Waals surface area contributed by atoms with Crippen LogP contribution in [0.25, 0.3) is 0 Å². The predicted molar refractivity (Wildman–Crippen MR) is 60.5 cm³/mol. The van der Waals surface area contributed by atoms with E-state index in [2.05, 4.69) is 10.2 Å². The van der Waals surface area contributed by atoms with Crippen molar-refractivity contribution in [3.8, 4) is 11.6 Å². The lowest BCUT2D eigenvalue weighted by Gasteiger charge is -2.06. The van der Waals surface area contributed by atoms with Crippen molar-refractivity contribution in [1.82, 2.24) is 10.2 Å².